The summed E-state index contributed by atoms with van der Waals surface area (Å²) in [5.74, 6) is 2.27. The van der Waals surface area contributed by atoms with E-state index in [1.807, 2.05) is 36.4 Å². The van der Waals surface area contributed by atoms with Crippen molar-refractivity contribution in [3.63, 3.8) is 0 Å². The maximum atomic E-state index is 5.41. The fraction of sp³-hybridized carbons (Fsp3) is 0.107. The number of nitrogens with one attached hydrogen (secondary N) is 1. The van der Waals surface area contributed by atoms with E-state index in [0.717, 1.165) is 39.2 Å². The first-order valence-electron chi connectivity index (χ1n) is 10.9. The summed E-state index contributed by atoms with van der Waals surface area (Å²) in [5.41, 5.74) is 6.36. The lowest BCUT2D eigenvalue weighted by Crippen LogP contribution is -2.04. The number of hydrogen-bond acceptors (Lipinski definition) is 5. The van der Waals surface area contributed by atoms with Gasteiger partial charge in [0.25, 0.3) is 0 Å². The zero-order valence-corrected chi connectivity index (χ0v) is 18.6. The summed E-state index contributed by atoms with van der Waals surface area (Å²) in [6.07, 6.45) is 3.54. The molecule has 2 heterocycles. The van der Waals surface area contributed by atoms with Crippen molar-refractivity contribution >= 4 is 16.7 Å². The van der Waals surface area contributed by atoms with E-state index in [9.17, 15) is 0 Å². The number of hydrogen-bond donors (Lipinski definition) is 1. The lowest BCUT2D eigenvalue weighted by Gasteiger charge is -2.13. The predicted octanol–water partition coefficient (Wildman–Crippen LogP) is 6.29. The zero-order valence-electron chi connectivity index (χ0n) is 18.6. The van der Waals surface area contributed by atoms with E-state index < -0.39 is 0 Å². The Morgan fingerprint density at radius 2 is 1.67 bits per heavy atom. The van der Waals surface area contributed by atoms with E-state index in [1.54, 1.807) is 19.5 Å². The molecule has 33 heavy (non-hydrogen) atoms. The van der Waals surface area contributed by atoms with Gasteiger partial charge >= 0.3 is 0 Å². The molecule has 0 atom stereocenters. The molecule has 0 saturated carbocycles. The van der Waals surface area contributed by atoms with Crippen molar-refractivity contribution in [2.75, 3.05) is 12.4 Å². The fourth-order valence-electron chi connectivity index (χ4n) is 3.88. The van der Waals surface area contributed by atoms with Crippen LogP contribution in [0.25, 0.3) is 33.4 Å². The summed E-state index contributed by atoms with van der Waals surface area (Å²) in [6, 6.07) is 26.7. The second-order valence-electron chi connectivity index (χ2n) is 7.94. The van der Waals surface area contributed by atoms with Crippen LogP contribution in [-0.4, -0.2) is 22.1 Å². The highest BCUT2D eigenvalue weighted by molar-refractivity contribution is 5.94. The van der Waals surface area contributed by atoms with E-state index in [4.69, 9.17) is 14.7 Å². The molecule has 0 saturated heterocycles. The number of benzene rings is 3. The van der Waals surface area contributed by atoms with Crippen molar-refractivity contribution in [1.82, 2.24) is 15.0 Å². The molecule has 0 aliphatic rings. The lowest BCUT2D eigenvalue weighted by molar-refractivity contribution is 0.415. The summed E-state index contributed by atoms with van der Waals surface area (Å²) in [7, 11) is 1.68. The molecular formula is C28H24N4O. The van der Waals surface area contributed by atoms with Crippen LogP contribution in [0.15, 0.2) is 91.3 Å². The van der Waals surface area contributed by atoms with E-state index in [1.165, 1.54) is 11.1 Å². The SMILES string of the molecule is COc1cccc(-c2ccc3nc(-c4cccnc4)nc(NCc4cccc(C)c4)c3c2)c1. The highest BCUT2D eigenvalue weighted by atomic mass is 16.5. The summed E-state index contributed by atoms with van der Waals surface area (Å²) in [5, 5.41) is 4.51. The fourth-order valence-corrected chi connectivity index (χ4v) is 3.88. The van der Waals surface area contributed by atoms with Gasteiger partial charge in [-0.05, 0) is 60.0 Å². The van der Waals surface area contributed by atoms with E-state index in [-0.39, 0.29) is 0 Å². The Morgan fingerprint density at radius 3 is 2.48 bits per heavy atom. The van der Waals surface area contributed by atoms with Crippen molar-refractivity contribution in [2.45, 2.75) is 13.5 Å². The first-order chi connectivity index (χ1) is 16.2. The minimum Gasteiger partial charge on any atom is -0.497 e. The molecule has 0 aliphatic carbocycles. The molecule has 5 rings (SSSR count). The number of aromatic nitrogens is 3. The van der Waals surface area contributed by atoms with Crippen molar-refractivity contribution in [3.8, 4) is 28.3 Å². The van der Waals surface area contributed by atoms with Gasteiger partial charge in [-0.3, -0.25) is 4.98 Å². The molecular weight excluding hydrogens is 408 g/mol. The average molecular weight is 433 g/mol. The van der Waals surface area contributed by atoms with Gasteiger partial charge in [-0.1, -0.05) is 48.0 Å². The molecule has 162 valence electrons. The lowest BCUT2D eigenvalue weighted by atomic mass is 10.0. The van der Waals surface area contributed by atoms with Gasteiger partial charge in [0, 0.05) is 29.9 Å². The number of methoxy groups -OCH3 is 1. The second-order valence-corrected chi connectivity index (χ2v) is 7.94. The first-order valence-corrected chi connectivity index (χ1v) is 10.9. The van der Waals surface area contributed by atoms with Gasteiger partial charge in [0.05, 0.1) is 12.6 Å². The number of aryl methyl sites for hydroxylation is 1. The summed E-state index contributed by atoms with van der Waals surface area (Å²) in [4.78, 5) is 14.0. The van der Waals surface area contributed by atoms with Gasteiger partial charge in [0.1, 0.15) is 11.6 Å². The Labute approximate surface area is 193 Å². The van der Waals surface area contributed by atoms with Crippen molar-refractivity contribution in [3.05, 3.63) is 102 Å². The van der Waals surface area contributed by atoms with Crippen LogP contribution in [-0.2, 0) is 6.54 Å². The van der Waals surface area contributed by atoms with Crippen LogP contribution in [0.4, 0.5) is 5.82 Å². The Bertz CT molecular complexity index is 1420. The maximum Gasteiger partial charge on any atom is 0.163 e. The van der Waals surface area contributed by atoms with Crippen LogP contribution in [0.5, 0.6) is 5.75 Å². The second kappa shape index (κ2) is 9.09. The van der Waals surface area contributed by atoms with Crippen LogP contribution in [0.3, 0.4) is 0 Å². The number of pyridine rings is 1. The molecule has 5 aromatic rings. The monoisotopic (exact) mass is 432 g/mol. The third kappa shape index (κ3) is 4.53. The Kier molecular flexibility index (Phi) is 5.68. The van der Waals surface area contributed by atoms with Crippen molar-refractivity contribution in [1.29, 1.82) is 0 Å². The standard InChI is InChI=1S/C28H24N4O/c1-19-6-3-7-20(14-19)17-30-28-25-16-22(21-8-4-10-24(15-21)33-2)11-12-26(25)31-27(32-28)23-9-5-13-29-18-23/h3-16,18H,17H2,1-2H3,(H,30,31,32). The number of rotatable bonds is 6. The minimum absolute atomic E-state index is 0.650. The van der Waals surface area contributed by atoms with E-state index in [2.05, 4.69) is 59.7 Å². The van der Waals surface area contributed by atoms with Gasteiger partial charge in [0.15, 0.2) is 5.82 Å². The molecule has 1 N–H and O–H groups in total. The van der Waals surface area contributed by atoms with Gasteiger partial charge in [-0.25, -0.2) is 9.97 Å². The van der Waals surface area contributed by atoms with Crippen LogP contribution in [0.2, 0.25) is 0 Å². The van der Waals surface area contributed by atoms with Crippen LogP contribution in [0.1, 0.15) is 11.1 Å². The molecule has 0 aliphatic heterocycles. The molecule has 0 bridgehead atoms. The zero-order chi connectivity index (χ0) is 22.6. The number of fused-ring (bicyclic) bond motifs is 1. The maximum absolute atomic E-state index is 5.41. The van der Waals surface area contributed by atoms with Crippen molar-refractivity contribution in [2.24, 2.45) is 0 Å². The van der Waals surface area contributed by atoms with Crippen LogP contribution >= 0.6 is 0 Å². The van der Waals surface area contributed by atoms with E-state index in [0.29, 0.717) is 12.4 Å². The largest absolute Gasteiger partial charge is 0.497 e. The molecule has 0 spiro atoms. The summed E-state index contributed by atoms with van der Waals surface area (Å²) >= 11 is 0. The number of ether oxygens (including phenoxy) is 1. The molecule has 0 radical (unpaired) electrons. The molecule has 5 nitrogen and oxygen atoms in total. The van der Waals surface area contributed by atoms with Crippen LogP contribution < -0.4 is 10.1 Å². The predicted molar refractivity (Wildman–Crippen MR) is 133 cm³/mol. The quantitative estimate of drug-likeness (QED) is 0.342. The molecule has 0 fully saturated rings. The Hall–Kier alpha value is -4.25. The highest BCUT2D eigenvalue weighted by Gasteiger charge is 2.12. The van der Waals surface area contributed by atoms with Crippen molar-refractivity contribution < 1.29 is 4.74 Å². The Balaban J connectivity index is 1.60. The molecule has 3 aromatic carbocycles. The topological polar surface area (TPSA) is 59.9 Å². The first kappa shape index (κ1) is 20.6. The number of nitrogens with zero attached hydrogens (tertiary/aromatic N) is 3. The summed E-state index contributed by atoms with van der Waals surface area (Å²) < 4.78 is 5.41. The third-order valence-corrected chi connectivity index (χ3v) is 5.56. The third-order valence-electron chi connectivity index (χ3n) is 5.56. The van der Waals surface area contributed by atoms with Gasteiger partial charge in [0.2, 0.25) is 0 Å². The number of anilines is 1. The minimum atomic E-state index is 0.650. The van der Waals surface area contributed by atoms with Gasteiger partial charge in [-0.15, -0.1) is 0 Å². The highest BCUT2D eigenvalue weighted by Crippen LogP contribution is 2.31. The van der Waals surface area contributed by atoms with Gasteiger partial charge in [-0.2, -0.15) is 0 Å². The normalized spacial score (nSPS) is 10.8. The van der Waals surface area contributed by atoms with Gasteiger partial charge < -0.3 is 10.1 Å². The Morgan fingerprint density at radius 1 is 0.818 bits per heavy atom. The molecule has 5 heteroatoms. The molecule has 0 unspecified atom stereocenters. The van der Waals surface area contributed by atoms with Crippen LogP contribution in [0, 0.1) is 6.92 Å². The summed E-state index contributed by atoms with van der Waals surface area (Å²) in [6.45, 7) is 2.77. The average Bonchev–Trinajstić information content (AvgIpc) is 2.87. The molecule has 2 aromatic heterocycles. The van der Waals surface area contributed by atoms with E-state index >= 15 is 0 Å². The smallest absolute Gasteiger partial charge is 0.163 e. The molecule has 0 amide bonds.